The maximum absolute atomic E-state index is 15.0. The van der Waals surface area contributed by atoms with E-state index in [2.05, 4.69) is 26.5 Å². The van der Waals surface area contributed by atoms with E-state index in [0.717, 1.165) is 29.0 Å². The van der Waals surface area contributed by atoms with Crippen molar-refractivity contribution in [2.24, 2.45) is 0 Å². The van der Waals surface area contributed by atoms with Crippen molar-refractivity contribution < 1.29 is 23.0 Å². The third kappa shape index (κ3) is 5.30. The second kappa shape index (κ2) is 12.0. The summed E-state index contributed by atoms with van der Waals surface area (Å²) in [7, 11) is 2.03. The predicted molar refractivity (Wildman–Crippen MR) is 167 cm³/mol. The molecule has 2 aliphatic rings. The van der Waals surface area contributed by atoms with Gasteiger partial charge in [0.15, 0.2) is 0 Å². The van der Waals surface area contributed by atoms with Crippen molar-refractivity contribution in [3.8, 4) is 23.2 Å². The molecule has 45 heavy (non-hydrogen) atoms. The number of nitrogen functional groups attached to an aromatic ring is 1. The van der Waals surface area contributed by atoms with Crippen LogP contribution in [0.2, 0.25) is 5.02 Å². The molecule has 7 rings (SSSR count). The number of anilines is 2. The van der Waals surface area contributed by atoms with Gasteiger partial charge in [0.25, 0.3) is 0 Å². The van der Waals surface area contributed by atoms with Gasteiger partial charge >= 0.3 is 6.01 Å². The number of hydrogen-bond donors (Lipinski definition) is 2. The molecule has 3 N–H and O–H groups in total. The van der Waals surface area contributed by atoms with Gasteiger partial charge in [0.05, 0.1) is 52.6 Å². The summed E-state index contributed by atoms with van der Waals surface area (Å²) in [5, 5.41) is 23.0. The third-order valence-electron chi connectivity index (χ3n) is 7.93. The van der Waals surface area contributed by atoms with Crippen LogP contribution >= 0.6 is 22.9 Å². The number of likely N-dealkylation sites (N-methyl/N-ethyl adjacent to an activating group) is 1. The Kier molecular flexibility index (Phi) is 7.88. The zero-order chi connectivity index (χ0) is 31.2. The minimum Gasteiger partial charge on any atom is -0.461 e. The number of nitriles is 1. The van der Waals surface area contributed by atoms with Gasteiger partial charge in [-0.1, -0.05) is 24.6 Å². The average Bonchev–Trinajstić information content (AvgIpc) is 3.79. The minimum absolute atomic E-state index is 0.0927. The van der Waals surface area contributed by atoms with Crippen LogP contribution in [0, 0.1) is 17.1 Å². The van der Waals surface area contributed by atoms with Crippen LogP contribution in [0.3, 0.4) is 0 Å². The number of rotatable bonds is 8. The fourth-order valence-corrected chi connectivity index (χ4v) is 7.09. The van der Waals surface area contributed by atoms with E-state index in [-0.39, 0.29) is 58.8 Å². The fourth-order valence-electron chi connectivity index (χ4n) is 5.79. The molecular weight excluding hydrogens is 623 g/mol. The number of ether oxygens (including phenoxy) is 3. The second-order valence-electron chi connectivity index (χ2n) is 10.8. The van der Waals surface area contributed by atoms with E-state index in [4.69, 9.17) is 45.9 Å². The van der Waals surface area contributed by atoms with E-state index in [1.54, 1.807) is 6.07 Å². The van der Waals surface area contributed by atoms with Crippen LogP contribution in [-0.2, 0) is 35.7 Å². The van der Waals surface area contributed by atoms with Gasteiger partial charge < -0.3 is 34.6 Å². The number of benzene rings is 2. The van der Waals surface area contributed by atoms with Gasteiger partial charge in [-0.3, -0.25) is 0 Å². The highest BCUT2D eigenvalue weighted by Crippen LogP contribution is 2.49. The molecule has 5 heterocycles. The fraction of sp³-hybridized carbons (Fsp3) is 0.367. The van der Waals surface area contributed by atoms with Crippen molar-refractivity contribution in [1.82, 2.24) is 25.1 Å². The number of halogens is 2. The molecule has 0 saturated carbocycles. The number of morpholine rings is 1. The van der Waals surface area contributed by atoms with E-state index < -0.39 is 5.82 Å². The van der Waals surface area contributed by atoms with Crippen molar-refractivity contribution in [2.75, 3.05) is 44.4 Å². The lowest BCUT2D eigenvalue weighted by Crippen LogP contribution is -2.42. The normalized spacial score (nSPS) is 16.7. The molecule has 0 amide bonds. The monoisotopic (exact) mass is 650 g/mol. The molecule has 1 unspecified atom stereocenters. The van der Waals surface area contributed by atoms with Crippen molar-refractivity contribution in [3.63, 3.8) is 0 Å². The molecule has 2 aliphatic heterocycles. The predicted octanol–water partition coefficient (Wildman–Crippen LogP) is 5.05. The van der Waals surface area contributed by atoms with Gasteiger partial charge in [-0.2, -0.15) is 15.2 Å². The first kappa shape index (κ1) is 29.6. The summed E-state index contributed by atoms with van der Waals surface area (Å²) in [4.78, 5) is 11.7. The highest BCUT2D eigenvalue weighted by atomic mass is 35.5. The van der Waals surface area contributed by atoms with Gasteiger partial charge in [0, 0.05) is 30.5 Å². The molecule has 15 heteroatoms. The SMILES string of the molecule is CCc1nnc(CNc2nc(OCC3CN(C)CCO3)nc3c(Cl)c(-c4ccc(F)c5sc(N)c(C#N)c45)c4c(c23)COC4)o1. The van der Waals surface area contributed by atoms with E-state index in [1.165, 1.54) is 6.07 Å². The first-order valence-corrected chi connectivity index (χ1v) is 15.6. The van der Waals surface area contributed by atoms with E-state index in [0.29, 0.717) is 64.6 Å². The van der Waals surface area contributed by atoms with E-state index in [9.17, 15) is 9.65 Å². The lowest BCUT2D eigenvalue weighted by atomic mass is 9.91. The molecular formula is C30H28ClFN8O4S. The summed E-state index contributed by atoms with van der Waals surface area (Å²) in [5.41, 5.74) is 9.52. The molecule has 0 radical (unpaired) electrons. The smallest absolute Gasteiger partial charge is 0.319 e. The van der Waals surface area contributed by atoms with Crippen LogP contribution in [0.15, 0.2) is 16.5 Å². The van der Waals surface area contributed by atoms with E-state index in [1.807, 2.05) is 14.0 Å². The summed E-state index contributed by atoms with van der Waals surface area (Å²) in [6, 6.07) is 5.21. The number of aryl methyl sites for hydroxylation is 1. The van der Waals surface area contributed by atoms with E-state index >= 15 is 0 Å². The van der Waals surface area contributed by atoms with Crippen LogP contribution in [0.4, 0.5) is 15.2 Å². The van der Waals surface area contributed by atoms with Crippen LogP contribution in [0.25, 0.3) is 32.1 Å². The Hall–Kier alpha value is -4.13. The van der Waals surface area contributed by atoms with Gasteiger partial charge in [0.1, 0.15) is 35.4 Å². The van der Waals surface area contributed by atoms with Gasteiger partial charge in [0.2, 0.25) is 11.8 Å². The largest absolute Gasteiger partial charge is 0.461 e. The Morgan fingerprint density at radius 2 is 2.04 bits per heavy atom. The molecule has 1 atom stereocenters. The maximum atomic E-state index is 15.0. The summed E-state index contributed by atoms with van der Waals surface area (Å²) in [6.45, 7) is 5.02. The van der Waals surface area contributed by atoms with Crippen LogP contribution in [-0.4, -0.2) is 64.5 Å². The van der Waals surface area contributed by atoms with Gasteiger partial charge in [-0.25, -0.2) is 4.39 Å². The third-order valence-corrected chi connectivity index (χ3v) is 9.33. The Morgan fingerprint density at radius 3 is 2.82 bits per heavy atom. The zero-order valence-corrected chi connectivity index (χ0v) is 26.0. The molecule has 232 valence electrons. The summed E-state index contributed by atoms with van der Waals surface area (Å²) >= 11 is 8.28. The molecule has 1 saturated heterocycles. The lowest BCUT2D eigenvalue weighted by Gasteiger charge is -2.29. The number of thiophene rings is 1. The highest BCUT2D eigenvalue weighted by molar-refractivity contribution is 7.23. The van der Waals surface area contributed by atoms with Gasteiger partial charge in [-0.05, 0) is 29.8 Å². The number of hydrogen-bond acceptors (Lipinski definition) is 13. The standard InChI is InChI=1S/C30H28ClFN8O4S/c1-3-20-38-39-21(44-20)9-35-29-24-18-13-41-12-17(18)22(15-4-5-19(32)27-23(15)16(8-33)28(34)45-27)25(31)26(24)36-30(37-29)43-11-14-10-40(2)6-7-42-14/h4-5,14H,3,6-7,9-13,34H2,1-2H3,(H,35,36,37). The zero-order valence-electron chi connectivity index (χ0n) is 24.4. The van der Waals surface area contributed by atoms with Crippen molar-refractivity contribution in [3.05, 3.63) is 51.4 Å². The highest BCUT2D eigenvalue weighted by Gasteiger charge is 2.30. The summed E-state index contributed by atoms with van der Waals surface area (Å²) in [5.74, 6) is 0.899. The van der Waals surface area contributed by atoms with Crippen molar-refractivity contribution in [2.45, 2.75) is 39.2 Å². The van der Waals surface area contributed by atoms with Crippen LogP contribution < -0.4 is 15.8 Å². The van der Waals surface area contributed by atoms with Crippen LogP contribution in [0.1, 0.15) is 35.4 Å². The topological polar surface area (TPSA) is 157 Å². The molecule has 5 aromatic rings. The first-order valence-electron chi connectivity index (χ1n) is 14.4. The molecule has 1 fully saturated rings. The first-order chi connectivity index (χ1) is 21.9. The second-order valence-corrected chi connectivity index (χ2v) is 12.3. The molecule has 2 aromatic carbocycles. The Balaban J connectivity index is 1.40. The molecule has 0 bridgehead atoms. The summed E-state index contributed by atoms with van der Waals surface area (Å²) < 4.78 is 38.9. The number of aromatic nitrogens is 4. The number of nitrogens with two attached hydrogens (primary N) is 1. The average molecular weight is 651 g/mol. The van der Waals surface area contributed by atoms with Crippen LogP contribution in [0.5, 0.6) is 6.01 Å². The number of fused-ring (bicyclic) bond motifs is 4. The van der Waals surface area contributed by atoms with Crippen molar-refractivity contribution >= 4 is 54.7 Å². The molecule has 12 nitrogen and oxygen atoms in total. The Bertz CT molecular complexity index is 1990. The maximum Gasteiger partial charge on any atom is 0.319 e. The molecule has 3 aromatic heterocycles. The Labute approximate surface area is 265 Å². The van der Waals surface area contributed by atoms with Gasteiger partial charge in [-0.15, -0.1) is 21.5 Å². The summed E-state index contributed by atoms with van der Waals surface area (Å²) in [6.07, 6.45) is 0.453. The quantitative estimate of drug-likeness (QED) is 0.230. The number of nitrogens with zero attached hydrogens (tertiary/aromatic N) is 6. The molecule has 0 spiro atoms. The molecule has 0 aliphatic carbocycles. The van der Waals surface area contributed by atoms with Crippen molar-refractivity contribution in [1.29, 1.82) is 5.26 Å². The minimum atomic E-state index is -0.468. The Morgan fingerprint density at radius 1 is 1.22 bits per heavy atom. The lowest BCUT2D eigenvalue weighted by molar-refractivity contribution is -0.0416. The number of nitrogens with one attached hydrogen (secondary N) is 1.